The van der Waals surface area contributed by atoms with Crippen LogP contribution < -0.4 is 16.8 Å². The number of guanidine groups is 1. The lowest BCUT2D eigenvalue weighted by atomic mass is 9.89. The molecule has 2 amide bonds. The number of imide groups is 1. The Hall–Kier alpha value is -3.49. The SMILES string of the molecule is N=C(N)NCCC[C@@H](N)C(=O)N(Cc1cccs1)C(=O)C(c1ccccc1)c1ccccc1. The number of hydrogen-bond donors (Lipinski definition) is 4. The van der Waals surface area contributed by atoms with Gasteiger partial charge in [-0.25, -0.2) is 0 Å². The number of carbonyl (C=O) groups is 2. The van der Waals surface area contributed by atoms with E-state index in [9.17, 15) is 9.59 Å². The van der Waals surface area contributed by atoms with E-state index in [1.807, 2.05) is 78.2 Å². The molecule has 3 rings (SSSR count). The number of nitrogens with zero attached hydrogens (tertiary/aromatic N) is 1. The second-order valence-electron chi connectivity index (χ2n) is 7.69. The van der Waals surface area contributed by atoms with Gasteiger partial charge in [0.25, 0.3) is 0 Å². The van der Waals surface area contributed by atoms with Gasteiger partial charge in [-0.2, -0.15) is 0 Å². The van der Waals surface area contributed by atoms with Gasteiger partial charge >= 0.3 is 0 Å². The van der Waals surface area contributed by atoms with E-state index < -0.39 is 17.9 Å². The summed E-state index contributed by atoms with van der Waals surface area (Å²) in [5.74, 6) is -1.46. The monoisotopic (exact) mass is 463 g/mol. The van der Waals surface area contributed by atoms with Crippen molar-refractivity contribution in [1.29, 1.82) is 5.41 Å². The van der Waals surface area contributed by atoms with Crippen molar-refractivity contribution in [3.8, 4) is 0 Å². The third-order valence-corrected chi connectivity index (χ3v) is 6.12. The lowest BCUT2D eigenvalue weighted by Gasteiger charge is -2.28. The summed E-state index contributed by atoms with van der Waals surface area (Å²) in [6, 6.07) is 21.9. The van der Waals surface area contributed by atoms with E-state index in [1.54, 1.807) is 0 Å². The van der Waals surface area contributed by atoms with E-state index in [-0.39, 0.29) is 18.4 Å². The van der Waals surface area contributed by atoms with Crippen LogP contribution in [0.5, 0.6) is 0 Å². The fourth-order valence-corrected chi connectivity index (χ4v) is 4.31. The standard InChI is InChI=1S/C25H29N5O2S/c26-21(14-7-15-29-25(27)28)23(31)30(17-20-13-8-16-33-20)24(32)22(18-9-3-1-4-10-18)19-11-5-2-6-12-19/h1-6,8-13,16,21-22H,7,14-15,17,26H2,(H4,27,28,29)/t21-/m1/s1. The van der Waals surface area contributed by atoms with Crippen molar-refractivity contribution < 1.29 is 9.59 Å². The first kappa shape index (κ1) is 24.2. The maximum atomic E-state index is 13.9. The van der Waals surface area contributed by atoms with Gasteiger partial charge in [0, 0.05) is 11.4 Å². The van der Waals surface area contributed by atoms with Crippen LogP contribution in [0.1, 0.15) is 34.8 Å². The van der Waals surface area contributed by atoms with E-state index in [0.717, 1.165) is 16.0 Å². The third-order valence-electron chi connectivity index (χ3n) is 5.26. The third kappa shape index (κ3) is 6.74. The van der Waals surface area contributed by atoms with Crippen LogP contribution in [0.3, 0.4) is 0 Å². The fourth-order valence-electron chi connectivity index (χ4n) is 3.62. The number of amides is 2. The molecule has 0 radical (unpaired) electrons. The van der Waals surface area contributed by atoms with Crippen molar-refractivity contribution in [3.63, 3.8) is 0 Å². The Morgan fingerprint density at radius 3 is 2.06 bits per heavy atom. The molecule has 8 heteroatoms. The molecule has 0 unspecified atom stereocenters. The minimum Gasteiger partial charge on any atom is -0.370 e. The fraction of sp³-hybridized carbons (Fsp3) is 0.240. The molecule has 0 aliphatic carbocycles. The summed E-state index contributed by atoms with van der Waals surface area (Å²) in [6.45, 7) is 0.608. The van der Waals surface area contributed by atoms with Crippen molar-refractivity contribution in [2.45, 2.75) is 31.3 Å². The molecule has 0 aliphatic heterocycles. The Labute approximate surface area is 197 Å². The zero-order valence-corrected chi connectivity index (χ0v) is 19.1. The molecule has 0 saturated heterocycles. The zero-order valence-electron chi connectivity index (χ0n) is 18.3. The summed E-state index contributed by atoms with van der Waals surface area (Å²) in [7, 11) is 0. The number of thiophene rings is 1. The Kier molecular flexibility index (Phi) is 8.74. The van der Waals surface area contributed by atoms with E-state index in [0.29, 0.717) is 19.4 Å². The van der Waals surface area contributed by atoms with Crippen LogP contribution in [0.4, 0.5) is 0 Å². The van der Waals surface area contributed by atoms with Gasteiger partial charge in [-0.05, 0) is 35.4 Å². The van der Waals surface area contributed by atoms with Crippen LogP contribution >= 0.6 is 11.3 Å². The molecule has 0 fully saturated rings. The summed E-state index contributed by atoms with van der Waals surface area (Å²) in [6.07, 6.45) is 0.920. The van der Waals surface area contributed by atoms with E-state index >= 15 is 0 Å². The van der Waals surface area contributed by atoms with Crippen LogP contribution in [0.2, 0.25) is 0 Å². The Morgan fingerprint density at radius 1 is 0.939 bits per heavy atom. The minimum atomic E-state index is -0.838. The summed E-state index contributed by atoms with van der Waals surface area (Å²) >= 11 is 1.49. The summed E-state index contributed by atoms with van der Waals surface area (Å²) in [5.41, 5.74) is 13.2. The van der Waals surface area contributed by atoms with Gasteiger partial charge in [-0.15, -0.1) is 11.3 Å². The molecule has 3 aromatic rings. The average molecular weight is 464 g/mol. The molecule has 0 aliphatic rings. The van der Waals surface area contributed by atoms with Crippen molar-refractivity contribution in [3.05, 3.63) is 94.2 Å². The molecule has 0 saturated carbocycles. The first-order chi connectivity index (χ1) is 16.0. The number of carbonyl (C=O) groups excluding carboxylic acids is 2. The molecule has 0 spiro atoms. The van der Waals surface area contributed by atoms with Crippen molar-refractivity contribution >= 4 is 29.1 Å². The van der Waals surface area contributed by atoms with Crippen LogP contribution in [0.25, 0.3) is 0 Å². The Balaban J connectivity index is 1.88. The quantitative estimate of drug-likeness (QED) is 0.209. The second kappa shape index (κ2) is 11.9. The smallest absolute Gasteiger partial charge is 0.246 e. The first-order valence-electron chi connectivity index (χ1n) is 10.8. The molecule has 2 aromatic carbocycles. The molecule has 172 valence electrons. The minimum absolute atomic E-state index is 0.127. The molecular formula is C25H29N5O2S. The predicted molar refractivity (Wildman–Crippen MR) is 132 cm³/mol. The highest BCUT2D eigenvalue weighted by Crippen LogP contribution is 2.28. The van der Waals surface area contributed by atoms with Gasteiger partial charge in [0.1, 0.15) is 0 Å². The van der Waals surface area contributed by atoms with Crippen molar-refractivity contribution in [1.82, 2.24) is 10.2 Å². The van der Waals surface area contributed by atoms with Crippen LogP contribution in [-0.4, -0.2) is 35.3 Å². The van der Waals surface area contributed by atoms with E-state index in [4.69, 9.17) is 16.9 Å². The van der Waals surface area contributed by atoms with Crippen molar-refractivity contribution in [2.24, 2.45) is 11.5 Å². The largest absolute Gasteiger partial charge is 0.370 e. The molecule has 6 N–H and O–H groups in total. The van der Waals surface area contributed by atoms with Gasteiger partial charge in [-0.3, -0.25) is 19.9 Å². The highest BCUT2D eigenvalue weighted by atomic mass is 32.1. The van der Waals surface area contributed by atoms with Crippen LogP contribution in [0.15, 0.2) is 78.2 Å². The lowest BCUT2D eigenvalue weighted by molar-refractivity contribution is -0.147. The van der Waals surface area contributed by atoms with Crippen LogP contribution in [-0.2, 0) is 16.1 Å². The van der Waals surface area contributed by atoms with E-state index in [1.165, 1.54) is 16.2 Å². The lowest BCUT2D eigenvalue weighted by Crippen LogP contribution is -2.48. The summed E-state index contributed by atoms with van der Waals surface area (Å²) in [4.78, 5) is 29.5. The number of benzene rings is 2. The van der Waals surface area contributed by atoms with Gasteiger partial charge < -0.3 is 16.8 Å². The van der Waals surface area contributed by atoms with Crippen molar-refractivity contribution in [2.75, 3.05) is 6.54 Å². The Bertz CT molecular complexity index is 1000. The molecule has 1 atom stereocenters. The normalized spacial score (nSPS) is 11.7. The van der Waals surface area contributed by atoms with Gasteiger partial charge in [0.2, 0.25) is 11.8 Å². The molecule has 33 heavy (non-hydrogen) atoms. The second-order valence-corrected chi connectivity index (χ2v) is 8.72. The molecule has 1 heterocycles. The highest BCUT2D eigenvalue weighted by Gasteiger charge is 2.33. The molecular weight excluding hydrogens is 434 g/mol. The topological polar surface area (TPSA) is 125 Å². The maximum absolute atomic E-state index is 13.9. The molecule has 7 nitrogen and oxygen atoms in total. The number of hydrogen-bond acceptors (Lipinski definition) is 5. The highest BCUT2D eigenvalue weighted by molar-refractivity contribution is 7.09. The Morgan fingerprint density at radius 2 is 1.55 bits per heavy atom. The maximum Gasteiger partial charge on any atom is 0.246 e. The first-order valence-corrected chi connectivity index (χ1v) is 11.7. The average Bonchev–Trinajstić information content (AvgIpc) is 3.34. The van der Waals surface area contributed by atoms with Gasteiger partial charge in [0.05, 0.1) is 18.5 Å². The summed E-state index contributed by atoms with van der Waals surface area (Å²) < 4.78 is 0. The number of nitrogens with two attached hydrogens (primary N) is 2. The zero-order chi connectivity index (χ0) is 23.6. The molecule has 1 aromatic heterocycles. The van der Waals surface area contributed by atoms with Crippen LogP contribution in [0, 0.1) is 5.41 Å². The van der Waals surface area contributed by atoms with E-state index in [2.05, 4.69) is 5.32 Å². The number of nitrogens with one attached hydrogen (secondary N) is 2. The summed E-state index contributed by atoms with van der Waals surface area (Å²) in [5, 5.41) is 11.8. The molecule has 0 bridgehead atoms. The van der Waals surface area contributed by atoms with Gasteiger partial charge in [0.15, 0.2) is 5.96 Å². The predicted octanol–water partition coefficient (Wildman–Crippen LogP) is 3.03. The number of rotatable bonds is 10. The van der Waals surface area contributed by atoms with Gasteiger partial charge in [-0.1, -0.05) is 66.7 Å².